The highest BCUT2D eigenvalue weighted by Crippen LogP contribution is 2.29. The second-order valence-electron chi connectivity index (χ2n) is 5.97. The number of aromatic nitrogens is 3. The summed E-state index contributed by atoms with van der Waals surface area (Å²) in [6.07, 6.45) is 2.93. The molecular formula is C14H17ClN4. The van der Waals surface area contributed by atoms with Crippen molar-refractivity contribution < 1.29 is 0 Å². The molecule has 0 saturated carbocycles. The molecule has 5 heteroatoms. The van der Waals surface area contributed by atoms with Crippen LogP contribution in [0.1, 0.15) is 26.0 Å². The third-order valence-corrected chi connectivity index (χ3v) is 3.79. The molecule has 3 heterocycles. The lowest BCUT2D eigenvalue weighted by Crippen LogP contribution is -2.23. The fourth-order valence-corrected chi connectivity index (χ4v) is 2.76. The molecule has 0 amide bonds. The van der Waals surface area contributed by atoms with Gasteiger partial charge in [-0.3, -0.25) is 4.90 Å². The molecule has 2 aromatic heterocycles. The molecule has 100 valence electrons. The molecule has 1 aliphatic heterocycles. The van der Waals surface area contributed by atoms with E-state index in [1.165, 1.54) is 6.42 Å². The van der Waals surface area contributed by atoms with Crippen molar-refractivity contribution >= 4 is 22.6 Å². The molecule has 0 unspecified atom stereocenters. The second-order valence-corrected chi connectivity index (χ2v) is 6.31. The minimum Gasteiger partial charge on any atom is -0.297 e. The van der Waals surface area contributed by atoms with Crippen LogP contribution in [0, 0.1) is 5.41 Å². The van der Waals surface area contributed by atoms with Crippen molar-refractivity contribution in [3.63, 3.8) is 0 Å². The molecule has 0 bridgehead atoms. The summed E-state index contributed by atoms with van der Waals surface area (Å²) in [5.74, 6) is 0. The quantitative estimate of drug-likeness (QED) is 0.791. The van der Waals surface area contributed by atoms with Gasteiger partial charge in [0.15, 0.2) is 0 Å². The topological polar surface area (TPSA) is 41.9 Å². The zero-order chi connectivity index (χ0) is 13.5. The maximum atomic E-state index is 5.77. The van der Waals surface area contributed by atoms with E-state index in [0.29, 0.717) is 5.41 Å². The van der Waals surface area contributed by atoms with Crippen LogP contribution in [0.5, 0.6) is 0 Å². The minimum absolute atomic E-state index is 0.267. The van der Waals surface area contributed by atoms with E-state index in [9.17, 15) is 0 Å². The van der Waals surface area contributed by atoms with Gasteiger partial charge in [0.2, 0.25) is 5.28 Å². The van der Waals surface area contributed by atoms with Crippen LogP contribution in [0.15, 0.2) is 18.3 Å². The van der Waals surface area contributed by atoms with Gasteiger partial charge in [-0.2, -0.15) is 0 Å². The average molecular weight is 277 g/mol. The molecule has 0 spiro atoms. The van der Waals surface area contributed by atoms with Gasteiger partial charge in [0.1, 0.15) is 5.52 Å². The standard InChI is InChI=1S/C14H17ClN4/c1-14(2)5-6-19(9-14)8-10-3-4-11-12(17-10)7-16-13(15)18-11/h3-4,7H,5-6,8-9H2,1-2H3. The summed E-state index contributed by atoms with van der Waals surface area (Å²) in [5.41, 5.74) is 3.09. The molecular weight excluding hydrogens is 260 g/mol. The normalized spacial score (nSPS) is 19.1. The highest BCUT2D eigenvalue weighted by molar-refractivity contribution is 6.28. The van der Waals surface area contributed by atoms with Crippen molar-refractivity contribution in [2.45, 2.75) is 26.8 Å². The van der Waals surface area contributed by atoms with Crippen LogP contribution in [-0.4, -0.2) is 32.9 Å². The van der Waals surface area contributed by atoms with Gasteiger partial charge in [0, 0.05) is 13.1 Å². The monoisotopic (exact) mass is 276 g/mol. The zero-order valence-corrected chi connectivity index (χ0v) is 12.0. The third-order valence-electron chi connectivity index (χ3n) is 3.61. The number of pyridine rings is 1. The highest BCUT2D eigenvalue weighted by atomic mass is 35.5. The Morgan fingerprint density at radius 3 is 2.84 bits per heavy atom. The predicted molar refractivity (Wildman–Crippen MR) is 76.0 cm³/mol. The van der Waals surface area contributed by atoms with E-state index in [2.05, 4.69) is 33.7 Å². The van der Waals surface area contributed by atoms with Gasteiger partial charge < -0.3 is 0 Å². The Morgan fingerprint density at radius 2 is 2.11 bits per heavy atom. The first-order chi connectivity index (χ1) is 9.02. The van der Waals surface area contributed by atoms with Crippen molar-refractivity contribution in [1.29, 1.82) is 0 Å². The first-order valence-corrected chi connectivity index (χ1v) is 6.90. The summed E-state index contributed by atoms with van der Waals surface area (Å²) >= 11 is 5.77. The third kappa shape index (κ3) is 2.85. The summed E-state index contributed by atoms with van der Waals surface area (Å²) in [4.78, 5) is 15.2. The summed E-state index contributed by atoms with van der Waals surface area (Å²) in [6.45, 7) is 7.79. The molecule has 0 aliphatic carbocycles. The lowest BCUT2D eigenvalue weighted by Gasteiger charge is -2.19. The van der Waals surface area contributed by atoms with Crippen LogP contribution in [0.3, 0.4) is 0 Å². The SMILES string of the molecule is CC1(C)CCN(Cc2ccc3nc(Cl)ncc3n2)C1. The minimum atomic E-state index is 0.267. The molecule has 2 aromatic rings. The van der Waals surface area contributed by atoms with E-state index in [1.54, 1.807) is 6.20 Å². The summed E-state index contributed by atoms with van der Waals surface area (Å²) in [7, 11) is 0. The number of halogens is 1. The Hall–Kier alpha value is -1.26. The fraction of sp³-hybridized carbons (Fsp3) is 0.500. The van der Waals surface area contributed by atoms with E-state index in [1.807, 2.05) is 12.1 Å². The molecule has 3 rings (SSSR count). The van der Waals surface area contributed by atoms with Crippen LogP contribution in [0.4, 0.5) is 0 Å². The van der Waals surface area contributed by atoms with Crippen molar-refractivity contribution in [2.75, 3.05) is 13.1 Å². The van der Waals surface area contributed by atoms with E-state index in [4.69, 9.17) is 11.6 Å². The summed E-state index contributed by atoms with van der Waals surface area (Å²) in [6, 6.07) is 3.99. The molecule has 0 atom stereocenters. The van der Waals surface area contributed by atoms with Gasteiger partial charge in [-0.1, -0.05) is 13.8 Å². The number of fused-ring (bicyclic) bond motifs is 1. The van der Waals surface area contributed by atoms with E-state index in [0.717, 1.165) is 36.4 Å². The van der Waals surface area contributed by atoms with Crippen LogP contribution < -0.4 is 0 Å². The first kappa shape index (κ1) is 12.8. The predicted octanol–water partition coefficient (Wildman–Crippen LogP) is 2.91. The fourth-order valence-electron chi connectivity index (χ4n) is 2.62. The van der Waals surface area contributed by atoms with Crippen LogP contribution in [0.2, 0.25) is 5.28 Å². The Kier molecular flexibility index (Phi) is 3.15. The number of nitrogens with zero attached hydrogens (tertiary/aromatic N) is 4. The molecule has 0 N–H and O–H groups in total. The van der Waals surface area contributed by atoms with E-state index >= 15 is 0 Å². The Morgan fingerprint density at radius 1 is 1.26 bits per heavy atom. The number of hydrogen-bond acceptors (Lipinski definition) is 4. The van der Waals surface area contributed by atoms with Gasteiger partial charge in [-0.25, -0.2) is 15.0 Å². The number of hydrogen-bond donors (Lipinski definition) is 0. The van der Waals surface area contributed by atoms with Gasteiger partial charge >= 0.3 is 0 Å². The molecule has 0 radical (unpaired) electrons. The van der Waals surface area contributed by atoms with Crippen molar-refractivity contribution in [1.82, 2.24) is 19.9 Å². The lowest BCUT2D eigenvalue weighted by atomic mass is 9.93. The number of likely N-dealkylation sites (tertiary alicyclic amines) is 1. The molecule has 19 heavy (non-hydrogen) atoms. The summed E-state index contributed by atoms with van der Waals surface area (Å²) in [5, 5.41) is 0.267. The van der Waals surface area contributed by atoms with Gasteiger partial charge in [-0.15, -0.1) is 0 Å². The Labute approximate surface area is 117 Å². The smallest absolute Gasteiger partial charge is 0.223 e. The van der Waals surface area contributed by atoms with Crippen molar-refractivity contribution in [2.24, 2.45) is 5.41 Å². The highest BCUT2D eigenvalue weighted by Gasteiger charge is 2.29. The van der Waals surface area contributed by atoms with Crippen LogP contribution >= 0.6 is 11.6 Å². The zero-order valence-electron chi connectivity index (χ0n) is 11.2. The summed E-state index contributed by atoms with van der Waals surface area (Å²) < 4.78 is 0. The largest absolute Gasteiger partial charge is 0.297 e. The maximum Gasteiger partial charge on any atom is 0.223 e. The second kappa shape index (κ2) is 4.69. The van der Waals surface area contributed by atoms with Gasteiger partial charge in [0.25, 0.3) is 0 Å². The van der Waals surface area contributed by atoms with E-state index in [-0.39, 0.29) is 5.28 Å². The Balaban J connectivity index is 1.80. The average Bonchev–Trinajstić information content (AvgIpc) is 2.69. The van der Waals surface area contributed by atoms with Gasteiger partial charge in [0.05, 0.1) is 17.4 Å². The van der Waals surface area contributed by atoms with E-state index < -0.39 is 0 Å². The lowest BCUT2D eigenvalue weighted by molar-refractivity contribution is 0.282. The molecule has 4 nitrogen and oxygen atoms in total. The van der Waals surface area contributed by atoms with Crippen LogP contribution in [0.25, 0.3) is 11.0 Å². The Bertz CT molecular complexity index is 611. The number of rotatable bonds is 2. The molecule has 1 fully saturated rings. The van der Waals surface area contributed by atoms with Crippen molar-refractivity contribution in [3.8, 4) is 0 Å². The van der Waals surface area contributed by atoms with Crippen molar-refractivity contribution in [3.05, 3.63) is 29.3 Å². The van der Waals surface area contributed by atoms with Crippen LogP contribution in [-0.2, 0) is 6.54 Å². The molecule has 1 saturated heterocycles. The van der Waals surface area contributed by atoms with Gasteiger partial charge in [-0.05, 0) is 42.1 Å². The molecule has 0 aromatic carbocycles. The maximum absolute atomic E-state index is 5.77. The first-order valence-electron chi connectivity index (χ1n) is 6.52. The molecule has 1 aliphatic rings.